The first-order valence-electron chi connectivity index (χ1n) is 5.18. The van der Waals surface area contributed by atoms with Crippen LogP contribution < -0.4 is 5.30 Å². The summed E-state index contributed by atoms with van der Waals surface area (Å²) in [4.78, 5) is 19.6. The van der Waals surface area contributed by atoms with Gasteiger partial charge in [-0.2, -0.15) is 4.89 Å². The molecule has 0 saturated carbocycles. The van der Waals surface area contributed by atoms with Crippen molar-refractivity contribution in [2.45, 2.75) is 0 Å². The second-order valence-corrected chi connectivity index (χ2v) is 4.76. The molecule has 0 aliphatic rings. The number of carboxylic acids is 1. The summed E-state index contributed by atoms with van der Waals surface area (Å²) in [7, 11) is -2.32. The van der Waals surface area contributed by atoms with Crippen LogP contribution in [0.4, 0.5) is 0 Å². The molecule has 2 aromatic carbocycles. The number of rotatable bonds is 3. The largest absolute Gasteiger partial charge is 0.546 e. The summed E-state index contributed by atoms with van der Waals surface area (Å²) in [6.45, 7) is 0. The third-order valence-electron chi connectivity index (χ3n) is 2.55. The van der Waals surface area contributed by atoms with E-state index in [9.17, 15) is 9.36 Å². The van der Waals surface area contributed by atoms with Crippen LogP contribution in [0.3, 0.4) is 0 Å². The van der Waals surface area contributed by atoms with Crippen molar-refractivity contribution in [1.82, 2.24) is 0 Å². The van der Waals surface area contributed by atoms with Crippen molar-refractivity contribution in [2.24, 2.45) is 0 Å². The minimum atomic E-state index is -2.32. The van der Waals surface area contributed by atoms with Gasteiger partial charge < -0.3 is 5.11 Å². The van der Waals surface area contributed by atoms with Crippen molar-refractivity contribution < 1.29 is 19.4 Å². The standard InChI is InChI=1S/C13H9O4P/c14-13(15)11-3-1-9(2-4-11)10-5-7-12(8-6-10)18(16)17/h1-8H,(H-,14,15,16,17)/p+1. The Balaban J connectivity index is 2.31. The average molecular weight is 261 g/mol. The highest BCUT2D eigenvalue weighted by Gasteiger charge is 2.15. The zero-order valence-corrected chi connectivity index (χ0v) is 10.2. The van der Waals surface area contributed by atoms with Crippen LogP contribution >= 0.6 is 8.03 Å². The van der Waals surface area contributed by atoms with E-state index in [2.05, 4.69) is 0 Å². The van der Waals surface area contributed by atoms with Gasteiger partial charge in [0.25, 0.3) is 0 Å². The number of carbonyl (C=O) groups is 1. The third-order valence-corrected chi connectivity index (χ3v) is 3.29. The Bertz CT molecular complexity index is 532. The number of hydrogen-bond acceptors (Lipinski definition) is 2. The molecule has 0 aliphatic heterocycles. The van der Waals surface area contributed by atoms with Gasteiger partial charge in [-0.25, -0.2) is 4.79 Å². The van der Waals surface area contributed by atoms with Crippen LogP contribution in [-0.4, -0.2) is 16.0 Å². The van der Waals surface area contributed by atoms with Gasteiger partial charge in [-0.3, -0.25) is 0 Å². The van der Waals surface area contributed by atoms with Crippen molar-refractivity contribution in [3.63, 3.8) is 0 Å². The molecule has 0 aliphatic carbocycles. The van der Waals surface area contributed by atoms with Gasteiger partial charge in [0.05, 0.1) is 5.56 Å². The van der Waals surface area contributed by atoms with E-state index in [0.717, 1.165) is 11.1 Å². The summed E-state index contributed by atoms with van der Waals surface area (Å²) in [5, 5.41) is 9.15. The molecule has 0 amide bonds. The van der Waals surface area contributed by atoms with E-state index in [1.165, 1.54) is 12.1 Å². The zero-order valence-electron chi connectivity index (χ0n) is 9.28. The Hall–Kier alpha value is -2.03. The maximum atomic E-state index is 10.9. The quantitative estimate of drug-likeness (QED) is 0.832. The first-order valence-corrected chi connectivity index (χ1v) is 6.39. The van der Waals surface area contributed by atoms with Gasteiger partial charge in [-0.1, -0.05) is 12.1 Å². The highest BCUT2D eigenvalue weighted by atomic mass is 31.1. The Labute approximate surface area is 104 Å². The fraction of sp³-hybridized carbons (Fsp3) is 0. The van der Waals surface area contributed by atoms with Crippen LogP contribution in [-0.2, 0) is 4.57 Å². The molecule has 0 spiro atoms. The number of hydrogen-bond donors (Lipinski definition) is 2. The van der Waals surface area contributed by atoms with Crippen molar-refractivity contribution in [3.8, 4) is 11.1 Å². The minimum absolute atomic E-state index is 0.230. The molecular weight excluding hydrogens is 251 g/mol. The van der Waals surface area contributed by atoms with Crippen LogP contribution in [0, 0.1) is 0 Å². The molecule has 0 aromatic heterocycles. The van der Waals surface area contributed by atoms with Gasteiger partial charge in [0.15, 0.2) is 0 Å². The Morgan fingerprint density at radius 2 is 1.33 bits per heavy atom. The van der Waals surface area contributed by atoms with Crippen LogP contribution in [0.15, 0.2) is 48.5 Å². The molecule has 4 nitrogen and oxygen atoms in total. The highest BCUT2D eigenvalue weighted by Crippen LogP contribution is 2.21. The van der Waals surface area contributed by atoms with Gasteiger partial charge in [0, 0.05) is 0 Å². The Morgan fingerprint density at radius 1 is 0.889 bits per heavy atom. The van der Waals surface area contributed by atoms with Gasteiger partial charge >= 0.3 is 14.0 Å². The van der Waals surface area contributed by atoms with Crippen LogP contribution in [0.25, 0.3) is 11.1 Å². The molecule has 0 heterocycles. The second-order valence-electron chi connectivity index (χ2n) is 3.70. The summed E-state index contributed by atoms with van der Waals surface area (Å²) in [5.41, 5.74) is 1.96. The average Bonchev–Trinajstić information content (AvgIpc) is 2.39. The lowest BCUT2D eigenvalue weighted by Gasteiger charge is -2.01. The summed E-state index contributed by atoms with van der Waals surface area (Å²) in [5.74, 6) is -0.964. The molecule has 0 saturated heterocycles. The van der Waals surface area contributed by atoms with E-state index in [1.54, 1.807) is 36.4 Å². The maximum Gasteiger partial charge on any atom is 0.546 e. The van der Waals surface area contributed by atoms with Gasteiger partial charge in [0.2, 0.25) is 5.30 Å². The lowest BCUT2D eigenvalue weighted by molar-refractivity contribution is 0.0697. The molecule has 1 unspecified atom stereocenters. The van der Waals surface area contributed by atoms with Crippen molar-refractivity contribution in [2.75, 3.05) is 0 Å². The van der Waals surface area contributed by atoms with Crippen LogP contribution in [0.5, 0.6) is 0 Å². The SMILES string of the molecule is O=C(O)c1ccc(-c2ccc([P+](=O)O)cc2)cc1. The topological polar surface area (TPSA) is 74.6 Å². The maximum absolute atomic E-state index is 10.9. The summed E-state index contributed by atoms with van der Waals surface area (Å²) < 4.78 is 10.9. The van der Waals surface area contributed by atoms with Gasteiger partial charge in [-0.05, 0) is 52.1 Å². The Morgan fingerprint density at radius 3 is 1.72 bits per heavy atom. The molecule has 90 valence electrons. The number of aromatic carboxylic acids is 1. The van der Waals surface area contributed by atoms with E-state index in [0.29, 0.717) is 5.30 Å². The summed E-state index contributed by atoms with van der Waals surface area (Å²) in [6, 6.07) is 13.1. The van der Waals surface area contributed by atoms with Crippen molar-refractivity contribution >= 4 is 19.3 Å². The van der Waals surface area contributed by atoms with E-state index in [1.807, 2.05) is 0 Å². The summed E-state index contributed by atoms with van der Waals surface area (Å²) in [6.07, 6.45) is 0. The molecule has 18 heavy (non-hydrogen) atoms. The lowest BCUT2D eigenvalue weighted by atomic mass is 10.0. The Kier molecular flexibility index (Phi) is 3.51. The van der Waals surface area contributed by atoms with Crippen molar-refractivity contribution in [1.29, 1.82) is 0 Å². The predicted molar refractivity (Wildman–Crippen MR) is 68.3 cm³/mol. The molecule has 2 rings (SSSR count). The smallest absolute Gasteiger partial charge is 0.478 e. The zero-order chi connectivity index (χ0) is 13.1. The fourth-order valence-corrected chi connectivity index (χ4v) is 1.99. The second kappa shape index (κ2) is 5.08. The van der Waals surface area contributed by atoms with E-state index < -0.39 is 14.0 Å². The van der Waals surface area contributed by atoms with Crippen LogP contribution in [0.1, 0.15) is 10.4 Å². The predicted octanol–water partition coefficient (Wildman–Crippen LogP) is 2.41. The molecule has 0 radical (unpaired) electrons. The number of carboxylic acid groups (broad SMARTS) is 1. The van der Waals surface area contributed by atoms with Gasteiger partial charge in [-0.15, -0.1) is 0 Å². The van der Waals surface area contributed by atoms with E-state index in [4.69, 9.17) is 10.00 Å². The van der Waals surface area contributed by atoms with Crippen molar-refractivity contribution in [3.05, 3.63) is 54.1 Å². The minimum Gasteiger partial charge on any atom is -0.478 e. The summed E-state index contributed by atoms with van der Waals surface area (Å²) >= 11 is 0. The molecule has 2 aromatic rings. The fourth-order valence-electron chi connectivity index (χ4n) is 1.59. The first-order chi connectivity index (χ1) is 8.58. The molecule has 5 heteroatoms. The molecule has 1 atom stereocenters. The molecule has 2 N–H and O–H groups in total. The molecular formula is C13H10O4P+. The third kappa shape index (κ3) is 2.62. The van der Waals surface area contributed by atoms with E-state index in [-0.39, 0.29) is 5.56 Å². The normalized spacial score (nSPS) is 11.1. The first kappa shape index (κ1) is 12.4. The monoisotopic (exact) mass is 261 g/mol. The molecule has 0 fully saturated rings. The highest BCUT2D eigenvalue weighted by molar-refractivity contribution is 7.47. The van der Waals surface area contributed by atoms with Crippen LogP contribution in [0.2, 0.25) is 0 Å². The lowest BCUT2D eigenvalue weighted by Crippen LogP contribution is -1.96. The number of benzene rings is 2. The molecule has 0 bridgehead atoms. The van der Waals surface area contributed by atoms with Gasteiger partial charge in [0.1, 0.15) is 0 Å². The van der Waals surface area contributed by atoms with E-state index >= 15 is 0 Å².